The molecule has 17 nitrogen and oxygen atoms in total. The van der Waals surface area contributed by atoms with Crippen molar-refractivity contribution in [3.05, 3.63) is 94.5 Å². The minimum Gasteiger partial charge on any atom is -0.491 e. The van der Waals surface area contributed by atoms with Crippen LogP contribution in [0.5, 0.6) is 11.5 Å². The van der Waals surface area contributed by atoms with Crippen LogP contribution in [0.25, 0.3) is 0 Å². The van der Waals surface area contributed by atoms with E-state index in [1.54, 1.807) is 24.3 Å². The van der Waals surface area contributed by atoms with E-state index in [-0.39, 0.29) is 22.9 Å². The van der Waals surface area contributed by atoms with Crippen LogP contribution < -0.4 is 9.47 Å². The summed E-state index contributed by atoms with van der Waals surface area (Å²) in [5.41, 5.74) is 2.54. The molecule has 3 rings (SSSR count). The molecule has 0 heterocycles. The lowest BCUT2D eigenvalue weighted by Crippen LogP contribution is -2.15. The molecule has 0 atom stereocenters. The van der Waals surface area contributed by atoms with Gasteiger partial charge in [-0.3, -0.25) is 14.4 Å². The van der Waals surface area contributed by atoms with E-state index in [9.17, 15) is 14.4 Å². The average molecular weight is 945 g/mol. The first-order chi connectivity index (χ1) is 32.8. The number of Topliss-reactive ketones (excluding diaryl/α,β-unsaturated/α-hetero) is 2. The lowest BCUT2D eigenvalue weighted by atomic mass is 9.96. The van der Waals surface area contributed by atoms with Crippen molar-refractivity contribution in [2.75, 3.05) is 172 Å². The van der Waals surface area contributed by atoms with Gasteiger partial charge in [-0.15, -0.1) is 0 Å². The van der Waals surface area contributed by atoms with Gasteiger partial charge in [0.05, 0.1) is 159 Å². The number of rotatable bonds is 45. The van der Waals surface area contributed by atoms with Crippen molar-refractivity contribution in [1.29, 1.82) is 0 Å². The Hall–Kier alpha value is -4.21. The maximum absolute atomic E-state index is 13.0. The van der Waals surface area contributed by atoms with Crippen LogP contribution in [-0.2, 0) is 56.8 Å². The van der Waals surface area contributed by atoms with Crippen molar-refractivity contribution < 1.29 is 80.7 Å². The van der Waals surface area contributed by atoms with Crippen LogP contribution in [0.2, 0.25) is 0 Å². The molecular formula is C50H72O17. The average Bonchev–Trinajstić information content (AvgIpc) is 3.33. The summed E-state index contributed by atoms with van der Waals surface area (Å²) in [6.45, 7) is 17.0. The second-order valence-electron chi connectivity index (χ2n) is 14.6. The number of hydrogen-bond donors (Lipinski definition) is 0. The van der Waals surface area contributed by atoms with Crippen LogP contribution in [0.4, 0.5) is 0 Å². The highest BCUT2D eigenvalue weighted by molar-refractivity contribution is 6.12. The Bertz CT molecular complexity index is 1690. The van der Waals surface area contributed by atoms with Gasteiger partial charge in [-0.25, -0.2) is 0 Å². The SMILES string of the molecule is CC(=O)c1cc(C(C)=O)cc(C(=O)c2ccc(OCCOCCOCCOCCOCCOCCOCCOCCOCCOCCOCCOCCOCCOc3ccc(C)cc3)cc2)c1. The van der Waals surface area contributed by atoms with Gasteiger partial charge in [0, 0.05) is 22.3 Å². The van der Waals surface area contributed by atoms with Gasteiger partial charge in [0.15, 0.2) is 17.3 Å². The molecule has 0 spiro atoms. The molecule has 0 radical (unpaired) electrons. The molecule has 0 amide bonds. The maximum Gasteiger partial charge on any atom is 0.193 e. The van der Waals surface area contributed by atoms with E-state index in [1.807, 2.05) is 31.2 Å². The van der Waals surface area contributed by atoms with E-state index in [1.165, 1.54) is 37.6 Å². The lowest BCUT2D eigenvalue weighted by molar-refractivity contribution is -0.0287. The van der Waals surface area contributed by atoms with Crippen LogP contribution in [0.15, 0.2) is 66.7 Å². The van der Waals surface area contributed by atoms with E-state index >= 15 is 0 Å². The number of ether oxygens (including phenoxy) is 14. The third kappa shape index (κ3) is 29.3. The number of ketones is 3. The summed E-state index contributed by atoms with van der Waals surface area (Å²) in [5, 5.41) is 0. The number of benzene rings is 3. The van der Waals surface area contributed by atoms with E-state index in [4.69, 9.17) is 66.3 Å². The summed E-state index contributed by atoms with van der Waals surface area (Å²) < 4.78 is 77.5. The summed E-state index contributed by atoms with van der Waals surface area (Å²) >= 11 is 0. The van der Waals surface area contributed by atoms with E-state index < -0.39 is 0 Å². The second kappa shape index (κ2) is 38.7. The molecular weight excluding hydrogens is 873 g/mol. The van der Waals surface area contributed by atoms with Crippen molar-refractivity contribution in [2.45, 2.75) is 20.8 Å². The zero-order valence-electron chi connectivity index (χ0n) is 39.7. The molecule has 374 valence electrons. The van der Waals surface area contributed by atoms with Gasteiger partial charge in [-0.2, -0.15) is 0 Å². The van der Waals surface area contributed by atoms with Crippen molar-refractivity contribution in [2.24, 2.45) is 0 Å². The highest BCUT2D eigenvalue weighted by Crippen LogP contribution is 2.19. The predicted octanol–water partition coefficient (Wildman–Crippen LogP) is 5.29. The van der Waals surface area contributed by atoms with Crippen LogP contribution >= 0.6 is 0 Å². The van der Waals surface area contributed by atoms with Crippen molar-refractivity contribution in [3.63, 3.8) is 0 Å². The first-order valence-electron chi connectivity index (χ1n) is 22.9. The molecule has 3 aromatic rings. The Morgan fingerprint density at radius 2 is 0.522 bits per heavy atom. The van der Waals surface area contributed by atoms with Gasteiger partial charge in [0.25, 0.3) is 0 Å². The Kier molecular flexibility index (Phi) is 33.0. The van der Waals surface area contributed by atoms with Crippen molar-refractivity contribution >= 4 is 17.3 Å². The normalized spacial score (nSPS) is 11.3. The summed E-state index contributed by atoms with van der Waals surface area (Å²) in [7, 11) is 0. The Labute approximate surface area is 395 Å². The second-order valence-corrected chi connectivity index (χ2v) is 14.6. The van der Waals surface area contributed by atoms with E-state index in [0.29, 0.717) is 194 Å². The van der Waals surface area contributed by atoms with Gasteiger partial charge < -0.3 is 66.3 Å². The molecule has 17 heteroatoms. The molecule has 3 aromatic carbocycles. The molecule has 0 saturated carbocycles. The largest absolute Gasteiger partial charge is 0.491 e. The molecule has 0 saturated heterocycles. The fourth-order valence-corrected chi connectivity index (χ4v) is 5.63. The van der Waals surface area contributed by atoms with Crippen LogP contribution in [0.1, 0.15) is 56.0 Å². The van der Waals surface area contributed by atoms with Gasteiger partial charge in [0.1, 0.15) is 24.7 Å². The Morgan fingerprint density at radius 1 is 0.299 bits per heavy atom. The zero-order valence-corrected chi connectivity index (χ0v) is 39.7. The fraction of sp³-hybridized carbons (Fsp3) is 0.580. The van der Waals surface area contributed by atoms with Crippen LogP contribution in [-0.4, -0.2) is 189 Å². The minimum atomic E-state index is -0.288. The smallest absolute Gasteiger partial charge is 0.193 e. The molecule has 0 fully saturated rings. The fourth-order valence-electron chi connectivity index (χ4n) is 5.63. The molecule has 0 aliphatic carbocycles. The van der Waals surface area contributed by atoms with Crippen LogP contribution in [0.3, 0.4) is 0 Å². The topological polar surface area (TPSA) is 180 Å². The van der Waals surface area contributed by atoms with Crippen molar-refractivity contribution in [3.8, 4) is 11.5 Å². The first kappa shape index (κ1) is 57.1. The number of aryl methyl sites for hydroxylation is 1. The highest BCUT2D eigenvalue weighted by atomic mass is 16.6. The molecule has 0 bridgehead atoms. The monoisotopic (exact) mass is 944 g/mol. The molecule has 0 aliphatic rings. The van der Waals surface area contributed by atoms with E-state index in [0.717, 1.165) is 5.75 Å². The number of carbonyl (C=O) groups is 3. The molecule has 0 unspecified atom stereocenters. The lowest BCUT2D eigenvalue weighted by Gasteiger charge is -2.10. The Morgan fingerprint density at radius 3 is 0.776 bits per heavy atom. The van der Waals surface area contributed by atoms with E-state index in [2.05, 4.69) is 0 Å². The van der Waals surface area contributed by atoms with Gasteiger partial charge in [-0.1, -0.05) is 17.7 Å². The summed E-state index contributed by atoms with van der Waals surface area (Å²) in [5.74, 6) is 0.704. The number of carbonyl (C=O) groups excluding carboxylic acids is 3. The minimum absolute atomic E-state index is 0.218. The predicted molar refractivity (Wildman–Crippen MR) is 248 cm³/mol. The van der Waals surface area contributed by atoms with Gasteiger partial charge in [-0.05, 0) is 75.4 Å². The zero-order chi connectivity index (χ0) is 47.8. The quantitative estimate of drug-likeness (QED) is 0.0527. The summed E-state index contributed by atoms with van der Waals surface area (Å²) in [6.07, 6.45) is 0. The Balaban J connectivity index is 0.945. The third-order valence-corrected chi connectivity index (χ3v) is 9.23. The summed E-state index contributed by atoms with van der Waals surface area (Å²) in [6, 6.07) is 19.1. The molecule has 0 N–H and O–H groups in total. The number of hydrogen-bond acceptors (Lipinski definition) is 17. The maximum atomic E-state index is 13.0. The molecule has 67 heavy (non-hydrogen) atoms. The third-order valence-electron chi connectivity index (χ3n) is 9.23. The molecule has 0 aromatic heterocycles. The highest BCUT2D eigenvalue weighted by Gasteiger charge is 2.15. The van der Waals surface area contributed by atoms with Gasteiger partial charge in [0.2, 0.25) is 0 Å². The first-order valence-corrected chi connectivity index (χ1v) is 22.9. The standard InChI is InChI=1S/C50H72O17/c1-41-4-8-48(9-5-41)66-36-34-64-32-30-62-28-26-60-24-22-58-20-18-56-16-14-54-12-13-55-15-17-57-19-21-59-23-25-61-27-29-63-31-33-65-35-37-67-49-10-6-44(7-11-49)50(53)47-39-45(42(2)51)38-46(40-47)43(3)52/h4-11,38-40H,12-37H2,1-3H3. The van der Waals surface area contributed by atoms with Crippen LogP contribution in [0, 0.1) is 6.92 Å². The molecule has 0 aliphatic heterocycles. The van der Waals surface area contributed by atoms with Crippen molar-refractivity contribution in [1.82, 2.24) is 0 Å². The summed E-state index contributed by atoms with van der Waals surface area (Å²) in [4.78, 5) is 36.8. The van der Waals surface area contributed by atoms with Gasteiger partial charge >= 0.3 is 0 Å².